The Hall–Kier alpha value is -4.58. The molecule has 6 aromatic carbocycles. The number of fused-ring (bicyclic) bond motifs is 6. The van der Waals surface area contributed by atoms with Gasteiger partial charge in [0.15, 0.2) is 0 Å². The van der Waals surface area contributed by atoms with Gasteiger partial charge in [-0.05, 0) is 48.5 Å². The Balaban J connectivity index is 1.41. The number of benzene rings is 6. The minimum Gasteiger partial charge on any atom is -0.379 e. The predicted molar refractivity (Wildman–Crippen MR) is 179 cm³/mol. The van der Waals surface area contributed by atoms with E-state index in [9.17, 15) is 0 Å². The molecule has 3 heterocycles. The van der Waals surface area contributed by atoms with E-state index in [4.69, 9.17) is 0 Å². The van der Waals surface area contributed by atoms with Gasteiger partial charge in [-0.3, -0.25) is 0 Å². The third-order valence-corrected chi connectivity index (χ3v) is 10.5. The van der Waals surface area contributed by atoms with E-state index in [1.165, 1.54) is 70.0 Å². The number of rotatable bonds is 2. The van der Waals surface area contributed by atoms with E-state index < -0.39 is 0 Å². The molecule has 5 heteroatoms. The zero-order chi connectivity index (χ0) is 27.6. The largest absolute Gasteiger partial charge is 0.379 e. The second-order valence-corrected chi connectivity index (χ2v) is 12.7. The van der Waals surface area contributed by atoms with Gasteiger partial charge in [-0.1, -0.05) is 108 Å². The molecule has 0 aliphatic carbocycles. The van der Waals surface area contributed by atoms with Crippen LogP contribution >= 0.6 is 23.5 Å². The van der Waals surface area contributed by atoms with Gasteiger partial charge in [0.2, 0.25) is 0 Å². The maximum Gasteiger partial charge on any atom is 0.0780 e. The molecule has 0 radical (unpaired) electrons. The molecule has 0 aromatic heterocycles. The number of nitrogens with one attached hydrogen (secondary N) is 1. The van der Waals surface area contributed by atoms with Crippen LogP contribution in [0.4, 0.5) is 39.8 Å². The summed E-state index contributed by atoms with van der Waals surface area (Å²) in [5.41, 5.74) is 9.62. The topological polar surface area (TPSA) is 18.5 Å². The molecule has 9 rings (SSSR count). The van der Waals surface area contributed by atoms with Gasteiger partial charge in [0.05, 0.1) is 39.8 Å². The fourth-order valence-electron chi connectivity index (χ4n) is 6.47. The van der Waals surface area contributed by atoms with E-state index in [2.05, 4.69) is 149 Å². The Morgan fingerprint density at radius 3 is 1.38 bits per heavy atom. The van der Waals surface area contributed by atoms with Crippen LogP contribution in [-0.4, -0.2) is 6.54 Å². The van der Waals surface area contributed by atoms with Crippen LogP contribution in [0.3, 0.4) is 0 Å². The molecule has 6 aromatic rings. The van der Waals surface area contributed by atoms with Gasteiger partial charge >= 0.3 is 0 Å². The highest BCUT2D eigenvalue weighted by atomic mass is 32.2. The van der Waals surface area contributed by atoms with Crippen molar-refractivity contribution in [1.82, 2.24) is 0 Å². The van der Waals surface area contributed by atoms with E-state index in [-0.39, 0.29) is 0 Å². The molecule has 0 fully saturated rings. The summed E-state index contributed by atoms with van der Waals surface area (Å²) in [6, 6.07) is 44.0. The highest BCUT2D eigenvalue weighted by Crippen LogP contribution is 2.59. The average Bonchev–Trinajstić information content (AvgIpc) is 3.05. The normalized spacial score (nSPS) is 14.4. The third kappa shape index (κ3) is 3.50. The van der Waals surface area contributed by atoms with E-state index in [1.54, 1.807) is 0 Å². The van der Waals surface area contributed by atoms with E-state index in [0.717, 1.165) is 12.2 Å². The minimum absolute atomic E-state index is 0.784. The molecule has 0 atom stereocenters. The Morgan fingerprint density at radius 2 is 0.881 bits per heavy atom. The van der Waals surface area contributed by atoms with Gasteiger partial charge in [-0.15, -0.1) is 0 Å². The molecular formula is C37H25N3S2. The van der Waals surface area contributed by atoms with Crippen LogP contribution in [0.5, 0.6) is 0 Å². The molecule has 0 saturated heterocycles. The molecule has 3 aliphatic rings. The van der Waals surface area contributed by atoms with Gasteiger partial charge in [0.1, 0.15) is 0 Å². The monoisotopic (exact) mass is 575 g/mol. The average molecular weight is 576 g/mol. The zero-order valence-corrected chi connectivity index (χ0v) is 24.3. The second-order valence-electron chi connectivity index (χ2n) is 10.6. The number of hydrogen-bond acceptors (Lipinski definition) is 5. The first kappa shape index (κ1) is 24.1. The van der Waals surface area contributed by atoms with Crippen molar-refractivity contribution in [3.8, 4) is 0 Å². The van der Waals surface area contributed by atoms with Crippen molar-refractivity contribution in [3.63, 3.8) is 0 Å². The second kappa shape index (κ2) is 9.48. The SMILES string of the molecule is C1=Cc2c(c(N3c4ccccc4Sc4ccccc43)c3ccccc3c2N2c3ccccc3Sc3ccccc32)NC1. The van der Waals surface area contributed by atoms with Gasteiger partial charge in [0, 0.05) is 42.5 Å². The summed E-state index contributed by atoms with van der Waals surface area (Å²) in [5.74, 6) is 0. The van der Waals surface area contributed by atoms with Gasteiger partial charge < -0.3 is 15.1 Å². The fraction of sp³-hybridized carbons (Fsp3) is 0.0270. The smallest absolute Gasteiger partial charge is 0.0780 e. The Labute approximate surface area is 253 Å². The number of nitrogens with zero attached hydrogens (tertiary/aromatic N) is 2. The summed E-state index contributed by atoms with van der Waals surface area (Å²) >= 11 is 3.70. The number of anilines is 7. The van der Waals surface area contributed by atoms with Crippen LogP contribution in [0.15, 0.2) is 147 Å². The van der Waals surface area contributed by atoms with Crippen LogP contribution < -0.4 is 15.1 Å². The maximum atomic E-state index is 3.84. The third-order valence-electron chi connectivity index (χ3n) is 8.19. The molecular weight excluding hydrogens is 551 g/mol. The summed E-state index contributed by atoms with van der Waals surface area (Å²) in [7, 11) is 0. The molecule has 0 unspecified atom stereocenters. The van der Waals surface area contributed by atoms with Crippen LogP contribution in [0.1, 0.15) is 5.56 Å². The summed E-state index contributed by atoms with van der Waals surface area (Å²) < 4.78 is 0. The van der Waals surface area contributed by atoms with Crippen LogP contribution in [0, 0.1) is 0 Å². The number of para-hydroxylation sites is 4. The van der Waals surface area contributed by atoms with Crippen LogP contribution in [-0.2, 0) is 0 Å². The predicted octanol–water partition coefficient (Wildman–Crippen LogP) is 11.1. The summed E-state index contributed by atoms with van der Waals surface area (Å²) in [5, 5.41) is 6.29. The summed E-state index contributed by atoms with van der Waals surface area (Å²) in [6.07, 6.45) is 4.56. The lowest BCUT2D eigenvalue weighted by Gasteiger charge is -2.39. The standard InChI is InChI=1S/C37H25N3S2/c1-2-13-25-24(12-1)36(39-27-15-3-7-19-31(27)41-32-20-8-4-16-28(32)39)26-14-11-23-38-35(26)37(25)40-29-17-5-9-21-33(29)42-34-22-10-6-18-30(34)40/h1-22,38H,23H2. The van der Waals surface area contributed by atoms with Crippen molar-refractivity contribution < 1.29 is 0 Å². The lowest BCUT2D eigenvalue weighted by Crippen LogP contribution is -2.21. The molecule has 0 amide bonds. The summed E-state index contributed by atoms with van der Waals surface area (Å²) in [4.78, 5) is 10.0. The van der Waals surface area contributed by atoms with Crippen molar-refractivity contribution >= 4 is 80.2 Å². The van der Waals surface area contributed by atoms with E-state index >= 15 is 0 Å². The van der Waals surface area contributed by atoms with E-state index in [0.29, 0.717) is 0 Å². The lowest BCUT2D eigenvalue weighted by molar-refractivity contribution is 1.15. The highest BCUT2D eigenvalue weighted by Gasteiger charge is 2.34. The molecule has 0 spiro atoms. The Bertz CT molecular complexity index is 1990. The molecule has 3 nitrogen and oxygen atoms in total. The van der Waals surface area contributed by atoms with Crippen molar-refractivity contribution in [2.75, 3.05) is 21.7 Å². The Morgan fingerprint density at radius 1 is 0.476 bits per heavy atom. The van der Waals surface area contributed by atoms with Crippen LogP contribution in [0.25, 0.3) is 16.8 Å². The van der Waals surface area contributed by atoms with E-state index in [1.807, 2.05) is 23.5 Å². The van der Waals surface area contributed by atoms with Gasteiger partial charge in [0.25, 0.3) is 0 Å². The fourth-order valence-corrected chi connectivity index (χ4v) is 8.58. The first-order chi connectivity index (χ1) is 20.9. The zero-order valence-electron chi connectivity index (χ0n) is 22.6. The molecule has 1 N–H and O–H groups in total. The van der Waals surface area contributed by atoms with Crippen LogP contribution in [0.2, 0.25) is 0 Å². The van der Waals surface area contributed by atoms with Gasteiger partial charge in [-0.25, -0.2) is 0 Å². The van der Waals surface area contributed by atoms with Crippen molar-refractivity contribution in [1.29, 1.82) is 0 Å². The van der Waals surface area contributed by atoms with Crippen molar-refractivity contribution in [3.05, 3.63) is 133 Å². The Kier molecular flexibility index (Phi) is 5.43. The first-order valence-electron chi connectivity index (χ1n) is 14.2. The first-order valence-corrected chi connectivity index (χ1v) is 15.8. The maximum absolute atomic E-state index is 3.84. The molecule has 42 heavy (non-hydrogen) atoms. The lowest BCUT2D eigenvalue weighted by atomic mass is 9.94. The van der Waals surface area contributed by atoms with Crippen molar-refractivity contribution in [2.24, 2.45) is 0 Å². The highest BCUT2D eigenvalue weighted by molar-refractivity contribution is 8.00. The molecule has 0 saturated carbocycles. The number of hydrogen-bond donors (Lipinski definition) is 1. The van der Waals surface area contributed by atoms with Gasteiger partial charge in [-0.2, -0.15) is 0 Å². The summed E-state index contributed by atoms with van der Waals surface area (Å²) in [6.45, 7) is 0.784. The molecule has 0 bridgehead atoms. The quantitative estimate of drug-likeness (QED) is 0.220. The molecule has 3 aliphatic heterocycles. The molecule has 200 valence electrons. The van der Waals surface area contributed by atoms with Crippen molar-refractivity contribution in [2.45, 2.75) is 19.6 Å². The minimum atomic E-state index is 0.784.